The van der Waals surface area contributed by atoms with Crippen molar-refractivity contribution in [1.82, 2.24) is 20.1 Å². The van der Waals surface area contributed by atoms with E-state index in [1.54, 1.807) is 0 Å². The van der Waals surface area contributed by atoms with Crippen molar-refractivity contribution in [2.75, 3.05) is 7.05 Å². The van der Waals surface area contributed by atoms with Crippen molar-refractivity contribution in [3.63, 3.8) is 0 Å². The maximum absolute atomic E-state index is 4.18. The number of nitrogens with zero attached hydrogens (tertiary/aromatic N) is 3. The molecule has 0 aliphatic carbocycles. The average molecular weight is 182 g/mol. The minimum absolute atomic E-state index is 0.321. The standard InChI is InChI=1S/C9H18N4/c1-5-8(10-4)9-12-11-7(3)13(9)6-2/h8,10H,5-6H2,1-4H3. The molecule has 1 aromatic heterocycles. The molecule has 0 saturated heterocycles. The Bertz CT molecular complexity index is 263. The van der Waals surface area contributed by atoms with Gasteiger partial charge in [-0.1, -0.05) is 6.92 Å². The summed E-state index contributed by atoms with van der Waals surface area (Å²) in [4.78, 5) is 0. The maximum Gasteiger partial charge on any atom is 0.150 e. The predicted octanol–water partition coefficient (Wildman–Crippen LogP) is 1.28. The molecule has 0 aromatic carbocycles. The van der Waals surface area contributed by atoms with E-state index in [2.05, 4.69) is 33.9 Å². The fraction of sp³-hybridized carbons (Fsp3) is 0.778. The zero-order chi connectivity index (χ0) is 9.84. The summed E-state index contributed by atoms with van der Waals surface area (Å²) in [5.74, 6) is 2.04. The average Bonchev–Trinajstić information content (AvgIpc) is 2.50. The van der Waals surface area contributed by atoms with Crippen LogP contribution in [0, 0.1) is 6.92 Å². The molecule has 4 nitrogen and oxygen atoms in total. The Morgan fingerprint density at radius 2 is 2.08 bits per heavy atom. The third-order valence-electron chi connectivity index (χ3n) is 2.35. The minimum atomic E-state index is 0.321. The van der Waals surface area contributed by atoms with E-state index in [-0.39, 0.29) is 0 Å². The Balaban J connectivity index is 2.98. The first-order chi connectivity index (χ1) is 6.24. The van der Waals surface area contributed by atoms with Crippen LogP contribution in [0.4, 0.5) is 0 Å². The van der Waals surface area contributed by atoms with Gasteiger partial charge in [0.25, 0.3) is 0 Å². The van der Waals surface area contributed by atoms with Crippen molar-refractivity contribution in [3.05, 3.63) is 11.6 Å². The first-order valence-corrected chi connectivity index (χ1v) is 4.81. The van der Waals surface area contributed by atoms with Crippen LogP contribution >= 0.6 is 0 Å². The van der Waals surface area contributed by atoms with Crippen LogP contribution in [-0.2, 0) is 6.54 Å². The zero-order valence-electron chi connectivity index (χ0n) is 8.83. The molecule has 0 amide bonds. The molecule has 1 rings (SSSR count). The molecule has 13 heavy (non-hydrogen) atoms. The zero-order valence-corrected chi connectivity index (χ0v) is 8.83. The second-order valence-electron chi connectivity index (χ2n) is 3.10. The van der Waals surface area contributed by atoms with Gasteiger partial charge in [0.1, 0.15) is 11.6 Å². The number of nitrogens with one attached hydrogen (secondary N) is 1. The molecule has 74 valence electrons. The molecule has 0 radical (unpaired) electrons. The first kappa shape index (κ1) is 10.2. The van der Waals surface area contributed by atoms with E-state index >= 15 is 0 Å². The van der Waals surface area contributed by atoms with E-state index in [0.717, 1.165) is 24.6 Å². The van der Waals surface area contributed by atoms with Crippen LogP contribution < -0.4 is 5.32 Å². The largest absolute Gasteiger partial charge is 0.314 e. The van der Waals surface area contributed by atoms with Gasteiger partial charge in [-0.25, -0.2) is 0 Å². The molecule has 0 saturated carbocycles. The number of aromatic nitrogens is 3. The van der Waals surface area contributed by atoms with Crippen molar-refractivity contribution in [3.8, 4) is 0 Å². The summed E-state index contributed by atoms with van der Waals surface area (Å²) in [6, 6.07) is 0.321. The lowest BCUT2D eigenvalue weighted by Gasteiger charge is -2.14. The molecule has 0 aliphatic rings. The van der Waals surface area contributed by atoms with E-state index in [9.17, 15) is 0 Å². The molecule has 1 heterocycles. The maximum atomic E-state index is 4.18. The SMILES string of the molecule is CCC(NC)c1nnc(C)n1CC. The number of rotatable bonds is 4. The molecular weight excluding hydrogens is 164 g/mol. The topological polar surface area (TPSA) is 42.7 Å². The molecule has 1 atom stereocenters. The molecule has 0 fully saturated rings. The van der Waals surface area contributed by atoms with E-state index in [1.807, 2.05) is 14.0 Å². The molecular formula is C9H18N4. The van der Waals surface area contributed by atoms with Crippen molar-refractivity contribution in [2.45, 2.75) is 39.8 Å². The highest BCUT2D eigenvalue weighted by Gasteiger charge is 2.14. The quantitative estimate of drug-likeness (QED) is 0.762. The molecule has 1 unspecified atom stereocenters. The molecule has 4 heteroatoms. The van der Waals surface area contributed by atoms with E-state index < -0.39 is 0 Å². The normalized spacial score (nSPS) is 13.2. The fourth-order valence-electron chi connectivity index (χ4n) is 1.56. The van der Waals surface area contributed by atoms with Gasteiger partial charge in [-0.15, -0.1) is 10.2 Å². The van der Waals surface area contributed by atoms with Crippen LogP contribution in [0.3, 0.4) is 0 Å². The monoisotopic (exact) mass is 182 g/mol. The Morgan fingerprint density at radius 3 is 2.54 bits per heavy atom. The number of aryl methyl sites for hydroxylation is 1. The van der Waals surface area contributed by atoms with Gasteiger partial charge in [0.05, 0.1) is 6.04 Å². The summed E-state index contributed by atoms with van der Waals surface area (Å²) < 4.78 is 2.14. The smallest absolute Gasteiger partial charge is 0.150 e. The van der Waals surface area contributed by atoms with Gasteiger partial charge in [0.15, 0.2) is 0 Å². The van der Waals surface area contributed by atoms with Crippen LogP contribution in [0.15, 0.2) is 0 Å². The summed E-state index contributed by atoms with van der Waals surface area (Å²) in [5, 5.41) is 11.5. The molecule has 1 N–H and O–H groups in total. The Labute approximate surface area is 79.4 Å². The van der Waals surface area contributed by atoms with E-state index in [0.29, 0.717) is 6.04 Å². The van der Waals surface area contributed by atoms with Crippen LogP contribution in [0.2, 0.25) is 0 Å². The lowest BCUT2D eigenvalue weighted by Crippen LogP contribution is -2.20. The summed E-state index contributed by atoms with van der Waals surface area (Å²) in [5.41, 5.74) is 0. The third-order valence-corrected chi connectivity index (χ3v) is 2.35. The van der Waals surface area contributed by atoms with Gasteiger partial charge in [-0.2, -0.15) is 0 Å². The fourth-order valence-corrected chi connectivity index (χ4v) is 1.56. The first-order valence-electron chi connectivity index (χ1n) is 4.81. The molecule has 0 bridgehead atoms. The van der Waals surface area contributed by atoms with Crippen LogP contribution in [-0.4, -0.2) is 21.8 Å². The van der Waals surface area contributed by atoms with Crippen molar-refractivity contribution in [1.29, 1.82) is 0 Å². The van der Waals surface area contributed by atoms with Gasteiger partial charge in [0, 0.05) is 6.54 Å². The van der Waals surface area contributed by atoms with Crippen LogP contribution in [0.25, 0.3) is 0 Å². The molecule has 0 aliphatic heterocycles. The van der Waals surface area contributed by atoms with Gasteiger partial charge in [-0.05, 0) is 27.3 Å². The Hall–Kier alpha value is -0.900. The Morgan fingerprint density at radius 1 is 1.38 bits per heavy atom. The minimum Gasteiger partial charge on any atom is -0.314 e. The summed E-state index contributed by atoms with van der Waals surface area (Å²) >= 11 is 0. The number of hydrogen-bond acceptors (Lipinski definition) is 3. The Kier molecular flexibility index (Phi) is 3.42. The highest BCUT2D eigenvalue weighted by atomic mass is 15.3. The van der Waals surface area contributed by atoms with Gasteiger partial charge >= 0.3 is 0 Å². The van der Waals surface area contributed by atoms with Crippen LogP contribution in [0.1, 0.15) is 38.0 Å². The highest BCUT2D eigenvalue weighted by Crippen LogP contribution is 2.14. The second-order valence-corrected chi connectivity index (χ2v) is 3.10. The van der Waals surface area contributed by atoms with Gasteiger partial charge in [-0.3, -0.25) is 0 Å². The third kappa shape index (κ3) is 1.88. The van der Waals surface area contributed by atoms with Gasteiger partial charge in [0.2, 0.25) is 0 Å². The van der Waals surface area contributed by atoms with Crippen LogP contribution in [0.5, 0.6) is 0 Å². The summed E-state index contributed by atoms with van der Waals surface area (Å²) in [7, 11) is 1.96. The second kappa shape index (κ2) is 4.37. The predicted molar refractivity (Wildman–Crippen MR) is 52.5 cm³/mol. The van der Waals surface area contributed by atoms with Crippen molar-refractivity contribution < 1.29 is 0 Å². The van der Waals surface area contributed by atoms with E-state index in [1.165, 1.54) is 0 Å². The summed E-state index contributed by atoms with van der Waals surface area (Å²) in [6.45, 7) is 7.18. The molecule has 0 spiro atoms. The number of hydrogen-bond donors (Lipinski definition) is 1. The van der Waals surface area contributed by atoms with Gasteiger partial charge < -0.3 is 9.88 Å². The molecule has 1 aromatic rings. The summed E-state index contributed by atoms with van der Waals surface area (Å²) in [6.07, 6.45) is 1.04. The lowest BCUT2D eigenvalue weighted by atomic mass is 10.2. The van der Waals surface area contributed by atoms with Crippen molar-refractivity contribution >= 4 is 0 Å². The van der Waals surface area contributed by atoms with E-state index in [4.69, 9.17) is 0 Å². The van der Waals surface area contributed by atoms with Crippen molar-refractivity contribution in [2.24, 2.45) is 0 Å². The highest BCUT2D eigenvalue weighted by molar-refractivity contribution is 4.99. The lowest BCUT2D eigenvalue weighted by molar-refractivity contribution is 0.509.